The van der Waals surface area contributed by atoms with Crippen LogP contribution in [0, 0.1) is 0 Å². The molecule has 18 rings (SSSR count). The van der Waals surface area contributed by atoms with Gasteiger partial charge in [-0.3, -0.25) is 24.2 Å². The first-order valence-electron chi connectivity index (χ1n) is 42.0. The van der Waals surface area contributed by atoms with Crippen LogP contribution in [-0.2, 0) is 53.3 Å². The third kappa shape index (κ3) is 18.3. The van der Waals surface area contributed by atoms with Gasteiger partial charge in [-0.1, -0.05) is 92.5 Å². The summed E-state index contributed by atoms with van der Waals surface area (Å²) in [5, 5.41) is 37.8. The molecule has 6 fully saturated rings. The molecular formula is C91H115N19O8S2. The number of aromatic hydroxyl groups is 3. The van der Waals surface area contributed by atoms with Crippen LogP contribution in [-0.4, -0.2) is 275 Å². The fourth-order valence-electron chi connectivity index (χ4n) is 18.7. The van der Waals surface area contributed by atoms with E-state index in [2.05, 4.69) is 129 Å². The lowest BCUT2D eigenvalue weighted by Crippen LogP contribution is -2.58. The van der Waals surface area contributed by atoms with Crippen LogP contribution in [0.15, 0.2) is 147 Å². The maximum Gasteiger partial charge on any atom is 0.318 e. The molecule has 3 amide bonds. The van der Waals surface area contributed by atoms with Crippen molar-refractivity contribution in [3.63, 3.8) is 0 Å². The maximum atomic E-state index is 12.2. The first-order chi connectivity index (χ1) is 57.2. The molecule has 0 unspecified atom stereocenters. The van der Waals surface area contributed by atoms with Crippen LogP contribution in [0.1, 0.15) is 73.3 Å². The van der Waals surface area contributed by atoms with Crippen molar-refractivity contribution >= 4 is 117 Å². The first-order valence-corrected chi connectivity index (χ1v) is 42.0. The second kappa shape index (κ2) is 37.4. The molecular weight excluding hydrogens is 1550 g/mol. The van der Waals surface area contributed by atoms with Crippen LogP contribution in [0.2, 0.25) is 0 Å². The Morgan fingerprint density at radius 3 is 1.07 bits per heavy atom. The number of phenols is 3. The summed E-state index contributed by atoms with van der Waals surface area (Å²) in [6.45, 7) is 31.5. The highest BCUT2D eigenvalue weighted by atomic mass is 32.1. The summed E-state index contributed by atoms with van der Waals surface area (Å²) in [6, 6.07) is 37.5. The van der Waals surface area contributed by atoms with Crippen LogP contribution < -0.4 is 43.8 Å². The van der Waals surface area contributed by atoms with Crippen molar-refractivity contribution < 1.29 is 39.2 Å². The number of nitrogens with zero attached hydrogens (tertiary/aromatic N) is 19. The number of piperazine rings is 3. The second-order valence-electron chi connectivity index (χ2n) is 33.0. The van der Waals surface area contributed by atoms with Crippen molar-refractivity contribution in [2.24, 2.45) is 0 Å². The second-order valence-corrected chi connectivity index (χ2v) is 33.0. The maximum absolute atomic E-state index is 12.2. The van der Waals surface area contributed by atoms with Gasteiger partial charge in [0.25, 0.3) is 0 Å². The van der Waals surface area contributed by atoms with Crippen LogP contribution >= 0.6 is 27.0 Å². The molecule has 6 aromatic carbocycles. The standard InChI is InChI=1S/2C31H38N6O3.C29H35N7O2.2H2S/c2*1-4-29(39)35-14-16-36(17-15-35)30-25-11-13-37(28-19-23(38)18-22-8-5-6-9-24(22)28)20-26(25)32-31(33-30)40-21(2)27-10-7-12-34(27)3;1-4-27(38)33-11-13-34(14-12-33)28-24-9-10-35(26-16-22(37)15-20-7-5-6-8-23(20)26)19-25(24)30-29(31-28)36-17-21(18-36)32(2)3;;/h2*4-6,8-9,18-19,21,27,38H,1,7,10-17,20H2,2-3H3;4-8,15-16,21,37H,1,9-14,17-19H2,2-3H3;2*1H2/t2*21-,27-;;;/m10.../s1. The fraction of sp³-hybridized carbons (Fsp3) is 0.440. The number of fused-ring (bicyclic) bond motifs is 6. The summed E-state index contributed by atoms with van der Waals surface area (Å²) in [5.74, 6) is 4.33. The Balaban J connectivity index is 0.000000146. The van der Waals surface area contributed by atoms with E-state index in [1.807, 2.05) is 93.6 Å². The third-order valence-corrected chi connectivity index (χ3v) is 25.5. The minimum atomic E-state index is -0.0323. The minimum absolute atomic E-state index is 0. The molecule has 6 saturated heterocycles. The molecule has 634 valence electrons. The van der Waals surface area contributed by atoms with Gasteiger partial charge < -0.3 is 78.7 Å². The number of benzene rings is 6. The Morgan fingerprint density at radius 1 is 0.425 bits per heavy atom. The normalized spacial score (nSPS) is 19.4. The predicted molar refractivity (Wildman–Crippen MR) is 486 cm³/mol. The Kier molecular flexibility index (Phi) is 26.7. The average molecular weight is 1670 g/mol. The van der Waals surface area contributed by atoms with Crippen LogP contribution in [0.4, 0.5) is 40.5 Å². The molecule has 9 aromatic rings. The van der Waals surface area contributed by atoms with Crippen LogP contribution in [0.25, 0.3) is 32.3 Å². The lowest BCUT2D eigenvalue weighted by molar-refractivity contribution is -0.127. The van der Waals surface area contributed by atoms with Crippen molar-refractivity contribution in [1.29, 1.82) is 0 Å². The Morgan fingerprint density at radius 2 is 0.750 bits per heavy atom. The minimum Gasteiger partial charge on any atom is -0.508 e. The summed E-state index contributed by atoms with van der Waals surface area (Å²) in [7, 11) is 8.53. The number of likely N-dealkylation sites (N-methyl/N-ethyl adjacent to an activating group) is 3. The topological polar surface area (TPSA) is 250 Å². The average Bonchev–Trinajstić information content (AvgIpc) is 0.835. The number of carbonyl (C=O) groups is 3. The molecule has 3 N–H and O–H groups in total. The molecule has 12 heterocycles. The number of anilines is 7. The number of rotatable bonds is 17. The van der Waals surface area contributed by atoms with Gasteiger partial charge in [0, 0.05) is 197 Å². The lowest BCUT2D eigenvalue weighted by Gasteiger charge is -2.44. The van der Waals surface area contributed by atoms with E-state index in [1.165, 1.54) is 36.6 Å². The SMILES string of the molecule is C=CC(=O)N1CCN(c2nc(N3CC(N(C)C)C3)nc3c2CCN(c2cc(O)cc4ccccc24)C3)CC1.C=CC(=O)N1CCN(c2nc(O[C@@H](C)[C@@H]3CCCN3C)nc3c2CCN(c2cc(O)cc4ccccc24)C3)CC1.C=CC(=O)N1CCN(c2nc(O[C@H](C)[C@H]3CCCN3C)nc3c2CCN(c2cc(O)cc4ccccc24)C3)CC1.S.S. The van der Waals surface area contributed by atoms with Gasteiger partial charge in [-0.05, 0) is 153 Å². The van der Waals surface area contributed by atoms with E-state index in [-0.39, 0.29) is 74.2 Å². The van der Waals surface area contributed by atoms with E-state index < -0.39 is 0 Å². The monoisotopic (exact) mass is 1670 g/mol. The van der Waals surface area contributed by atoms with E-state index >= 15 is 0 Å². The van der Waals surface area contributed by atoms with Gasteiger partial charge in [0.2, 0.25) is 23.7 Å². The molecule has 0 radical (unpaired) electrons. The third-order valence-electron chi connectivity index (χ3n) is 25.5. The number of phenolic OH excluding ortho intramolecular Hbond substituents is 3. The number of carbonyl (C=O) groups excluding carboxylic acids is 3. The van der Waals surface area contributed by atoms with Gasteiger partial charge in [0.1, 0.15) is 46.9 Å². The van der Waals surface area contributed by atoms with E-state index in [0.29, 0.717) is 115 Å². The Hall–Kier alpha value is -10.9. The van der Waals surface area contributed by atoms with Gasteiger partial charge in [-0.25, -0.2) is 4.98 Å². The van der Waals surface area contributed by atoms with Gasteiger partial charge >= 0.3 is 12.0 Å². The number of amides is 3. The molecule has 3 aromatic heterocycles. The molecule has 0 bridgehead atoms. The van der Waals surface area contributed by atoms with E-state index in [1.54, 1.807) is 12.1 Å². The first kappa shape index (κ1) is 85.6. The summed E-state index contributed by atoms with van der Waals surface area (Å²) < 4.78 is 12.9. The van der Waals surface area contributed by atoms with Crippen LogP contribution in [0.5, 0.6) is 29.3 Å². The van der Waals surface area contributed by atoms with E-state index in [0.717, 1.165) is 192 Å². The van der Waals surface area contributed by atoms with Crippen LogP contribution in [0.3, 0.4) is 0 Å². The summed E-state index contributed by atoms with van der Waals surface area (Å²) >= 11 is 0. The van der Waals surface area contributed by atoms with E-state index in [9.17, 15) is 29.7 Å². The summed E-state index contributed by atoms with van der Waals surface area (Å²) in [4.78, 5) is 95.2. The van der Waals surface area contributed by atoms with Crippen molar-refractivity contribution in [3.05, 3.63) is 181 Å². The largest absolute Gasteiger partial charge is 0.508 e. The molecule has 120 heavy (non-hydrogen) atoms. The number of likely N-dealkylation sites (tertiary alicyclic amines) is 2. The number of hydrogen-bond acceptors (Lipinski definition) is 24. The number of ether oxygens (including phenoxy) is 2. The zero-order valence-electron chi connectivity index (χ0n) is 70.0. The number of aromatic nitrogens is 6. The zero-order valence-corrected chi connectivity index (χ0v) is 72.0. The van der Waals surface area contributed by atoms with Gasteiger partial charge in [0.05, 0.1) is 36.7 Å². The quantitative estimate of drug-likeness (QED) is 0.0717. The van der Waals surface area contributed by atoms with Crippen molar-refractivity contribution in [2.75, 3.05) is 187 Å². The van der Waals surface area contributed by atoms with E-state index in [4.69, 9.17) is 39.4 Å². The zero-order chi connectivity index (χ0) is 82.0. The molecule has 0 aliphatic carbocycles. The highest BCUT2D eigenvalue weighted by Gasteiger charge is 2.38. The molecule has 0 saturated carbocycles. The predicted octanol–water partition coefficient (Wildman–Crippen LogP) is 9.90. The summed E-state index contributed by atoms with van der Waals surface area (Å²) in [5.41, 5.74) is 9.46. The fourth-order valence-corrected chi connectivity index (χ4v) is 18.7. The Bertz CT molecular complexity index is 5030. The van der Waals surface area contributed by atoms with Gasteiger partial charge in [-0.2, -0.15) is 51.9 Å². The molecule has 4 atom stereocenters. The highest BCUT2D eigenvalue weighted by molar-refractivity contribution is 7.59. The molecule has 27 nitrogen and oxygen atoms in total. The van der Waals surface area contributed by atoms with Crippen molar-refractivity contribution in [1.82, 2.24) is 59.3 Å². The smallest absolute Gasteiger partial charge is 0.318 e. The highest BCUT2D eigenvalue weighted by Crippen LogP contribution is 2.42. The van der Waals surface area contributed by atoms with Crippen molar-refractivity contribution in [2.45, 2.75) is 109 Å². The molecule has 9 aliphatic heterocycles. The number of hydrogen-bond donors (Lipinski definition) is 3. The lowest BCUT2D eigenvalue weighted by atomic mass is 10.0. The molecule has 9 aliphatic rings. The summed E-state index contributed by atoms with van der Waals surface area (Å²) in [6.07, 6.45) is 11.0. The Labute approximate surface area is 717 Å². The van der Waals surface area contributed by atoms with Crippen molar-refractivity contribution in [3.8, 4) is 29.3 Å². The molecule has 0 spiro atoms. The molecule has 29 heteroatoms. The van der Waals surface area contributed by atoms with Gasteiger partial charge in [0.15, 0.2) is 0 Å². The van der Waals surface area contributed by atoms with Gasteiger partial charge in [-0.15, -0.1) is 0 Å².